The van der Waals surface area contributed by atoms with Crippen LogP contribution in [0, 0.1) is 0 Å². The van der Waals surface area contributed by atoms with Crippen molar-refractivity contribution in [3.05, 3.63) is 42.2 Å². The van der Waals surface area contributed by atoms with Gasteiger partial charge in [-0.2, -0.15) is 15.0 Å². The number of carbonyl (C=O) groups is 1. The van der Waals surface area contributed by atoms with Gasteiger partial charge in [0.25, 0.3) is 0 Å². The Balaban J connectivity index is 1.50. The van der Waals surface area contributed by atoms with Crippen molar-refractivity contribution in [1.82, 2.24) is 19.9 Å². The smallest absolute Gasteiger partial charge is 0.226 e. The summed E-state index contributed by atoms with van der Waals surface area (Å²) >= 11 is 1.84. The lowest BCUT2D eigenvalue weighted by Gasteiger charge is -2.31. The van der Waals surface area contributed by atoms with Crippen molar-refractivity contribution in [3.8, 4) is 0 Å². The Morgan fingerprint density at radius 3 is 2.38 bits per heavy atom. The summed E-state index contributed by atoms with van der Waals surface area (Å²) in [6.07, 6.45) is 5.74. The lowest BCUT2D eigenvalue weighted by molar-refractivity contribution is -0.131. The Morgan fingerprint density at radius 2 is 1.79 bits per heavy atom. The lowest BCUT2D eigenvalue weighted by atomic mass is 10.0. The third-order valence-corrected chi connectivity index (χ3v) is 5.25. The van der Waals surface area contributed by atoms with Crippen molar-refractivity contribution in [2.24, 2.45) is 0 Å². The predicted molar refractivity (Wildman–Crippen MR) is 96.0 cm³/mol. The van der Waals surface area contributed by atoms with E-state index < -0.39 is 0 Å². The van der Waals surface area contributed by atoms with E-state index >= 15 is 0 Å². The molecule has 6 heteroatoms. The van der Waals surface area contributed by atoms with Crippen molar-refractivity contribution in [1.29, 1.82) is 0 Å². The van der Waals surface area contributed by atoms with E-state index in [1.165, 1.54) is 4.90 Å². The number of carbonyl (C=O) groups excluding carboxylic acids is 1. The van der Waals surface area contributed by atoms with E-state index in [1.807, 2.05) is 16.7 Å². The van der Waals surface area contributed by atoms with Crippen LogP contribution in [0.4, 0.5) is 0 Å². The monoisotopic (exact) mass is 344 g/mol. The Bertz CT molecular complexity index is 646. The van der Waals surface area contributed by atoms with Crippen molar-refractivity contribution >= 4 is 17.7 Å². The number of rotatable bonds is 5. The van der Waals surface area contributed by atoms with Gasteiger partial charge in [-0.25, -0.2) is 0 Å². The van der Waals surface area contributed by atoms with Crippen LogP contribution in [0.3, 0.4) is 0 Å². The molecule has 0 unspecified atom stereocenters. The number of benzene rings is 1. The molecular weight excluding hydrogens is 320 g/mol. The third-order valence-electron chi connectivity index (χ3n) is 4.23. The van der Waals surface area contributed by atoms with Gasteiger partial charge in [-0.05, 0) is 30.5 Å². The SMILES string of the molecule is CC(C)Sc1ccc(CC(=O)N2CCC(n3nccn3)CC2)cc1. The maximum atomic E-state index is 12.5. The van der Waals surface area contributed by atoms with E-state index in [2.05, 4.69) is 48.3 Å². The Labute approximate surface area is 147 Å². The number of piperidine rings is 1. The van der Waals surface area contributed by atoms with Gasteiger partial charge in [0.15, 0.2) is 0 Å². The molecule has 3 rings (SSSR count). The highest BCUT2D eigenvalue weighted by molar-refractivity contribution is 7.99. The molecule has 1 aliphatic rings. The van der Waals surface area contributed by atoms with Crippen LogP contribution in [-0.4, -0.2) is 44.1 Å². The summed E-state index contributed by atoms with van der Waals surface area (Å²) in [6.45, 7) is 5.94. The summed E-state index contributed by atoms with van der Waals surface area (Å²) in [4.78, 5) is 17.5. The molecular formula is C18H24N4OS. The molecule has 1 aromatic carbocycles. The van der Waals surface area contributed by atoms with Gasteiger partial charge in [0.2, 0.25) is 5.91 Å². The standard InChI is InChI=1S/C18H24N4OS/c1-14(2)24-17-5-3-15(4-6-17)13-18(23)21-11-7-16(8-12-21)22-19-9-10-20-22/h3-6,9-10,14,16H,7-8,11-13H2,1-2H3. The van der Waals surface area contributed by atoms with E-state index in [4.69, 9.17) is 0 Å². The van der Waals surface area contributed by atoms with E-state index in [0.717, 1.165) is 31.5 Å². The number of nitrogens with zero attached hydrogens (tertiary/aromatic N) is 4. The highest BCUT2D eigenvalue weighted by Crippen LogP contribution is 2.24. The number of thioether (sulfide) groups is 1. The number of aromatic nitrogens is 3. The predicted octanol–water partition coefficient (Wildman–Crippen LogP) is 3.18. The highest BCUT2D eigenvalue weighted by atomic mass is 32.2. The Hall–Kier alpha value is -1.82. The molecule has 0 bridgehead atoms. The van der Waals surface area contributed by atoms with Crippen molar-refractivity contribution in [2.75, 3.05) is 13.1 Å². The molecule has 2 aromatic rings. The molecule has 5 nitrogen and oxygen atoms in total. The second-order valence-corrected chi connectivity index (χ2v) is 8.10. The zero-order valence-electron chi connectivity index (χ0n) is 14.3. The minimum Gasteiger partial charge on any atom is -0.342 e. The molecule has 1 aliphatic heterocycles. The molecule has 1 aromatic heterocycles. The average Bonchev–Trinajstić information content (AvgIpc) is 3.11. The molecule has 0 aliphatic carbocycles. The number of likely N-dealkylation sites (tertiary alicyclic amines) is 1. The molecule has 0 saturated carbocycles. The first-order valence-electron chi connectivity index (χ1n) is 8.51. The average molecular weight is 344 g/mol. The van der Waals surface area contributed by atoms with Crippen molar-refractivity contribution < 1.29 is 4.79 Å². The molecule has 0 atom stereocenters. The second-order valence-electron chi connectivity index (χ2n) is 6.45. The quantitative estimate of drug-likeness (QED) is 0.782. The summed E-state index contributed by atoms with van der Waals surface area (Å²) in [5.41, 5.74) is 1.09. The van der Waals surface area contributed by atoms with Gasteiger partial charge in [-0.3, -0.25) is 4.79 Å². The normalized spacial score (nSPS) is 15.9. The van der Waals surface area contributed by atoms with E-state index in [-0.39, 0.29) is 5.91 Å². The van der Waals surface area contributed by atoms with Crippen LogP contribution in [0.15, 0.2) is 41.6 Å². The first-order valence-corrected chi connectivity index (χ1v) is 9.39. The first-order chi connectivity index (χ1) is 11.6. The van der Waals surface area contributed by atoms with E-state index in [1.54, 1.807) is 17.2 Å². The van der Waals surface area contributed by atoms with E-state index in [9.17, 15) is 4.79 Å². The van der Waals surface area contributed by atoms with Crippen LogP contribution in [0.5, 0.6) is 0 Å². The molecule has 0 spiro atoms. The van der Waals surface area contributed by atoms with Gasteiger partial charge in [0, 0.05) is 23.2 Å². The molecule has 1 saturated heterocycles. The minimum absolute atomic E-state index is 0.214. The zero-order valence-corrected chi connectivity index (χ0v) is 15.1. The Kier molecular flexibility index (Phi) is 5.56. The molecule has 0 radical (unpaired) electrons. The maximum absolute atomic E-state index is 12.5. The Morgan fingerprint density at radius 1 is 1.17 bits per heavy atom. The number of hydrogen-bond acceptors (Lipinski definition) is 4. The molecule has 0 N–H and O–H groups in total. The second kappa shape index (κ2) is 7.83. The van der Waals surface area contributed by atoms with Gasteiger partial charge >= 0.3 is 0 Å². The zero-order chi connectivity index (χ0) is 16.9. The largest absolute Gasteiger partial charge is 0.342 e. The molecule has 128 valence electrons. The third kappa shape index (κ3) is 4.38. The minimum atomic E-state index is 0.214. The van der Waals surface area contributed by atoms with Crippen LogP contribution < -0.4 is 0 Å². The number of amides is 1. The topological polar surface area (TPSA) is 51.0 Å². The van der Waals surface area contributed by atoms with Crippen LogP contribution in [0.1, 0.15) is 38.3 Å². The highest BCUT2D eigenvalue weighted by Gasteiger charge is 2.24. The number of hydrogen-bond donors (Lipinski definition) is 0. The van der Waals surface area contributed by atoms with Gasteiger partial charge in [-0.15, -0.1) is 11.8 Å². The lowest BCUT2D eigenvalue weighted by Crippen LogP contribution is -2.40. The summed E-state index contributed by atoms with van der Waals surface area (Å²) in [7, 11) is 0. The van der Waals surface area contributed by atoms with Crippen molar-refractivity contribution in [2.45, 2.75) is 49.3 Å². The molecule has 1 amide bonds. The summed E-state index contributed by atoms with van der Waals surface area (Å²) in [5, 5.41) is 8.98. The molecule has 1 fully saturated rings. The van der Waals surface area contributed by atoms with Gasteiger partial charge in [0.1, 0.15) is 0 Å². The van der Waals surface area contributed by atoms with Crippen LogP contribution >= 0.6 is 11.8 Å². The first kappa shape index (κ1) is 17.0. The van der Waals surface area contributed by atoms with Gasteiger partial charge in [-0.1, -0.05) is 26.0 Å². The summed E-state index contributed by atoms with van der Waals surface area (Å²) in [6, 6.07) is 8.69. The molecule has 2 heterocycles. The summed E-state index contributed by atoms with van der Waals surface area (Å²) < 4.78 is 0. The maximum Gasteiger partial charge on any atom is 0.226 e. The van der Waals surface area contributed by atoms with Crippen LogP contribution in [0.25, 0.3) is 0 Å². The van der Waals surface area contributed by atoms with Gasteiger partial charge < -0.3 is 4.90 Å². The molecule has 24 heavy (non-hydrogen) atoms. The fourth-order valence-electron chi connectivity index (χ4n) is 3.01. The van der Waals surface area contributed by atoms with Gasteiger partial charge in [0.05, 0.1) is 24.9 Å². The van der Waals surface area contributed by atoms with Crippen LogP contribution in [0.2, 0.25) is 0 Å². The van der Waals surface area contributed by atoms with Crippen LogP contribution in [-0.2, 0) is 11.2 Å². The van der Waals surface area contributed by atoms with E-state index in [0.29, 0.717) is 17.7 Å². The fourth-order valence-corrected chi connectivity index (χ4v) is 3.84. The van der Waals surface area contributed by atoms with Crippen molar-refractivity contribution in [3.63, 3.8) is 0 Å². The summed E-state index contributed by atoms with van der Waals surface area (Å²) in [5.74, 6) is 0.214. The fraction of sp³-hybridized carbons (Fsp3) is 0.500.